The van der Waals surface area contributed by atoms with Gasteiger partial charge in [0.05, 0.1) is 0 Å². The minimum Gasteiger partial charge on any atom is -0.332 e. The van der Waals surface area contributed by atoms with E-state index in [0.29, 0.717) is 5.11 Å². The Morgan fingerprint density at radius 1 is 0.778 bits per heavy atom. The molecule has 0 aliphatic rings. The standard InChI is InChI=1S/C24H26N2S/c1-2-3-9-19-14-16-22(17-15-19)25-24(27)26-23-13-8-7-12-21(23)18-20-10-5-4-6-11-20/h4-8,10-17H,2-3,9,18H2,1H3,(H2,25,26,27). The average molecular weight is 375 g/mol. The first-order valence-corrected chi connectivity index (χ1v) is 9.94. The summed E-state index contributed by atoms with van der Waals surface area (Å²) in [6, 6.07) is 27.3. The van der Waals surface area contributed by atoms with E-state index in [4.69, 9.17) is 12.2 Å². The number of unbranched alkanes of at least 4 members (excludes halogenated alkanes) is 1. The monoisotopic (exact) mass is 374 g/mol. The molecule has 2 nitrogen and oxygen atoms in total. The third-order valence-electron chi connectivity index (χ3n) is 4.53. The van der Waals surface area contributed by atoms with Crippen LogP contribution in [0.1, 0.15) is 36.5 Å². The summed E-state index contributed by atoms with van der Waals surface area (Å²) in [6.07, 6.45) is 4.45. The normalized spacial score (nSPS) is 10.4. The number of rotatable bonds is 7. The second kappa shape index (κ2) is 9.89. The predicted octanol–water partition coefficient (Wildman–Crippen LogP) is 6.43. The van der Waals surface area contributed by atoms with Gasteiger partial charge in [0.25, 0.3) is 0 Å². The Hall–Kier alpha value is -2.65. The van der Waals surface area contributed by atoms with Crippen molar-refractivity contribution < 1.29 is 0 Å². The first kappa shape index (κ1) is 19.1. The zero-order chi connectivity index (χ0) is 18.9. The number of hydrogen-bond acceptors (Lipinski definition) is 1. The Bertz CT molecular complexity index is 857. The summed E-state index contributed by atoms with van der Waals surface area (Å²) in [7, 11) is 0. The molecule has 27 heavy (non-hydrogen) atoms. The molecule has 3 aromatic rings. The summed E-state index contributed by atoms with van der Waals surface area (Å²) in [6.45, 7) is 2.22. The van der Waals surface area contributed by atoms with Crippen molar-refractivity contribution in [2.24, 2.45) is 0 Å². The van der Waals surface area contributed by atoms with Gasteiger partial charge < -0.3 is 10.6 Å². The summed E-state index contributed by atoms with van der Waals surface area (Å²) < 4.78 is 0. The minimum atomic E-state index is 0.608. The van der Waals surface area contributed by atoms with Crippen molar-refractivity contribution in [3.05, 3.63) is 95.6 Å². The largest absolute Gasteiger partial charge is 0.332 e. The molecule has 0 saturated carbocycles. The molecular weight excluding hydrogens is 348 g/mol. The van der Waals surface area contributed by atoms with E-state index in [0.717, 1.165) is 24.2 Å². The van der Waals surface area contributed by atoms with E-state index < -0.39 is 0 Å². The molecule has 0 saturated heterocycles. The minimum absolute atomic E-state index is 0.608. The zero-order valence-corrected chi connectivity index (χ0v) is 16.6. The molecule has 0 unspecified atom stereocenters. The zero-order valence-electron chi connectivity index (χ0n) is 15.7. The van der Waals surface area contributed by atoms with Crippen LogP contribution in [-0.4, -0.2) is 5.11 Å². The van der Waals surface area contributed by atoms with Crippen molar-refractivity contribution in [3.63, 3.8) is 0 Å². The number of aryl methyl sites for hydroxylation is 1. The Balaban J connectivity index is 1.62. The van der Waals surface area contributed by atoms with E-state index in [1.807, 2.05) is 12.1 Å². The smallest absolute Gasteiger partial charge is 0.175 e. The molecule has 0 aromatic heterocycles. The molecular formula is C24H26N2S. The number of para-hydroxylation sites is 1. The molecule has 3 rings (SSSR count). The Morgan fingerprint density at radius 3 is 2.22 bits per heavy atom. The highest BCUT2D eigenvalue weighted by Gasteiger charge is 2.05. The molecule has 0 radical (unpaired) electrons. The van der Waals surface area contributed by atoms with Gasteiger partial charge in [-0.2, -0.15) is 0 Å². The van der Waals surface area contributed by atoms with Gasteiger partial charge in [0, 0.05) is 11.4 Å². The van der Waals surface area contributed by atoms with Crippen molar-refractivity contribution in [3.8, 4) is 0 Å². The predicted molar refractivity (Wildman–Crippen MR) is 121 cm³/mol. The van der Waals surface area contributed by atoms with E-state index in [-0.39, 0.29) is 0 Å². The van der Waals surface area contributed by atoms with Gasteiger partial charge in [0.15, 0.2) is 5.11 Å². The van der Waals surface area contributed by atoms with E-state index >= 15 is 0 Å². The fourth-order valence-electron chi connectivity index (χ4n) is 3.03. The van der Waals surface area contributed by atoms with E-state index in [1.165, 1.54) is 29.5 Å². The number of benzene rings is 3. The van der Waals surface area contributed by atoms with Crippen LogP contribution in [0.2, 0.25) is 0 Å². The average Bonchev–Trinajstić information content (AvgIpc) is 2.70. The lowest BCUT2D eigenvalue weighted by Gasteiger charge is -2.14. The molecule has 0 fully saturated rings. The second-order valence-electron chi connectivity index (χ2n) is 6.70. The van der Waals surface area contributed by atoms with Crippen LogP contribution >= 0.6 is 12.2 Å². The maximum absolute atomic E-state index is 5.52. The summed E-state index contributed by atoms with van der Waals surface area (Å²) in [5.74, 6) is 0. The van der Waals surface area contributed by atoms with E-state index in [2.05, 4.69) is 84.3 Å². The van der Waals surface area contributed by atoms with E-state index in [9.17, 15) is 0 Å². The van der Waals surface area contributed by atoms with Crippen molar-refractivity contribution in [1.82, 2.24) is 0 Å². The van der Waals surface area contributed by atoms with Crippen LogP contribution in [0.25, 0.3) is 0 Å². The van der Waals surface area contributed by atoms with Crippen molar-refractivity contribution in [2.45, 2.75) is 32.6 Å². The summed E-state index contributed by atoms with van der Waals surface area (Å²) >= 11 is 5.52. The van der Waals surface area contributed by atoms with Gasteiger partial charge in [-0.25, -0.2) is 0 Å². The first-order chi connectivity index (χ1) is 13.2. The van der Waals surface area contributed by atoms with Crippen LogP contribution in [0.3, 0.4) is 0 Å². The van der Waals surface area contributed by atoms with Crippen molar-refractivity contribution in [1.29, 1.82) is 0 Å². The van der Waals surface area contributed by atoms with E-state index in [1.54, 1.807) is 0 Å². The second-order valence-corrected chi connectivity index (χ2v) is 7.11. The number of anilines is 2. The van der Waals surface area contributed by atoms with Crippen LogP contribution in [-0.2, 0) is 12.8 Å². The molecule has 3 heteroatoms. The fourth-order valence-corrected chi connectivity index (χ4v) is 3.26. The van der Waals surface area contributed by atoms with Crippen LogP contribution in [0.15, 0.2) is 78.9 Å². The molecule has 3 aromatic carbocycles. The maximum atomic E-state index is 5.52. The highest BCUT2D eigenvalue weighted by Crippen LogP contribution is 2.20. The molecule has 0 heterocycles. The van der Waals surface area contributed by atoms with Gasteiger partial charge in [-0.3, -0.25) is 0 Å². The lowest BCUT2D eigenvalue weighted by Crippen LogP contribution is -2.20. The molecule has 0 amide bonds. The maximum Gasteiger partial charge on any atom is 0.175 e. The molecule has 0 atom stereocenters. The van der Waals surface area contributed by atoms with Gasteiger partial charge >= 0.3 is 0 Å². The SMILES string of the molecule is CCCCc1ccc(NC(=S)Nc2ccccc2Cc2ccccc2)cc1. The van der Waals surface area contributed by atoms with Crippen molar-refractivity contribution >= 4 is 28.7 Å². The van der Waals surface area contributed by atoms with Crippen LogP contribution in [0.4, 0.5) is 11.4 Å². The molecule has 0 spiro atoms. The first-order valence-electron chi connectivity index (χ1n) is 9.53. The van der Waals surface area contributed by atoms with Crippen LogP contribution < -0.4 is 10.6 Å². The third kappa shape index (κ3) is 5.93. The Labute approximate surface area is 167 Å². The van der Waals surface area contributed by atoms with Gasteiger partial charge in [-0.05, 0) is 66.4 Å². The lowest BCUT2D eigenvalue weighted by atomic mass is 10.0. The molecule has 0 aliphatic heterocycles. The highest BCUT2D eigenvalue weighted by molar-refractivity contribution is 7.80. The topological polar surface area (TPSA) is 24.1 Å². The fraction of sp³-hybridized carbons (Fsp3) is 0.208. The summed E-state index contributed by atoms with van der Waals surface area (Å²) in [4.78, 5) is 0. The quantitative estimate of drug-likeness (QED) is 0.466. The summed E-state index contributed by atoms with van der Waals surface area (Å²) in [5, 5.41) is 7.24. The lowest BCUT2D eigenvalue weighted by molar-refractivity contribution is 0.795. The van der Waals surface area contributed by atoms with Gasteiger partial charge in [-0.1, -0.05) is 74.0 Å². The number of hydrogen-bond donors (Lipinski definition) is 2. The van der Waals surface area contributed by atoms with Gasteiger partial charge in [0.2, 0.25) is 0 Å². The van der Waals surface area contributed by atoms with Crippen molar-refractivity contribution in [2.75, 3.05) is 10.6 Å². The third-order valence-corrected chi connectivity index (χ3v) is 4.74. The number of thiocarbonyl (C=S) groups is 1. The number of nitrogens with one attached hydrogen (secondary N) is 2. The summed E-state index contributed by atoms with van der Waals surface area (Å²) in [5.41, 5.74) is 5.93. The Morgan fingerprint density at radius 2 is 1.48 bits per heavy atom. The molecule has 138 valence electrons. The Kier molecular flexibility index (Phi) is 7.00. The molecule has 0 bridgehead atoms. The van der Waals surface area contributed by atoms with Gasteiger partial charge in [-0.15, -0.1) is 0 Å². The van der Waals surface area contributed by atoms with Crippen LogP contribution in [0, 0.1) is 0 Å². The highest BCUT2D eigenvalue weighted by atomic mass is 32.1. The molecule has 0 aliphatic carbocycles. The van der Waals surface area contributed by atoms with Crippen LogP contribution in [0.5, 0.6) is 0 Å². The van der Waals surface area contributed by atoms with Gasteiger partial charge in [0.1, 0.15) is 0 Å². The molecule has 2 N–H and O–H groups in total.